The minimum Gasteiger partial charge on any atom is -0.481 e. The molecule has 20 heavy (non-hydrogen) atoms. The molecule has 0 bridgehead atoms. The Kier molecular flexibility index (Phi) is 13.6. The second kappa shape index (κ2) is 14.4. The van der Waals surface area contributed by atoms with Gasteiger partial charge in [0, 0.05) is 19.9 Å². The van der Waals surface area contributed by atoms with Crippen LogP contribution in [0.4, 0.5) is 0 Å². The molecule has 0 aliphatic rings. The smallest absolute Gasteiger partial charge is 0.303 e. The molecule has 118 valence electrons. The molecule has 4 nitrogen and oxygen atoms in total. The van der Waals surface area contributed by atoms with Gasteiger partial charge in [-0.25, -0.2) is 0 Å². The first kappa shape index (κ1) is 18.9. The summed E-state index contributed by atoms with van der Waals surface area (Å²) in [7, 11) is 0. The number of carboxylic acid groups (broad SMARTS) is 1. The summed E-state index contributed by atoms with van der Waals surface area (Å²) in [5.74, 6) is -0.614. The van der Waals surface area contributed by atoms with Crippen molar-refractivity contribution in [3.05, 3.63) is 0 Å². The summed E-state index contributed by atoms with van der Waals surface area (Å²) in [6.45, 7) is 2.37. The van der Waals surface area contributed by atoms with E-state index in [-0.39, 0.29) is 5.91 Å². The first-order chi connectivity index (χ1) is 9.63. The summed E-state index contributed by atoms with van der Waals surface area (Å²) in [6.07, 6.45) is 13.3. The van der Waals surface area contributed by atoms with E-state index in [9.17, 15) is 9.59 Å². The van der Waals surface area contributed by atoms with E-state index in [0.717, 1.165) is 25.8 Å². The van der Waals surface area contributed by atoms with E-state index in [1.807, 2.05) is 0 Å². The highest BCUT2D eigenvalue weighted by molar-refractivity contribution is 5.72. The topological polar surface area (TPSA) is 66.4 Å². The fourth-order valence-corrected chi connectivity index (χ4v) is 2.26. The standard InChI is InChI=1S/C16H31NO3/c1-15(18)17-14-12-10-8-6-4-2-3-5-7-9-11-13-16(19)20/h2-14H2,1H3,(H,17,18)(H,19,20). The number of aliphatic carboxylic acids is 1. The van der Waals surface area contributed by atoms with Crippen LogP contribution in [-0.4, -0.2) is 23.5 Å². The monoisotopic (exact) mass is 285 g/mol. The largest absolute Gasteiger partial charge is 0.481 e. The number of amides is 1. The molecule has 0 rings (SSSR count). The lowest BCUT2D eigenvalue weighted by molar-refractivity contribution is -0.137. The normalized spacial score (nSPS) is 10.4. The molecule has 4 heteroatoms. The van der Waals surface area contributed by atoms with Gasteiger partial charge in [-0.2, -0.15) is 0 Å². The number of carbonyl (C=O) groups excluding carboxylic acids is 1. The lowest BCUT2D eigenvalue weighted by Crippen LogP contribution is -2.20. The van der Waals surface area contributed by atoms with E-state index in [2.05, 4.69) is 5.32 Å². The van der Waals surface area contributed by atoms with Gasteiger partial charge in [0.1, 0.15) is 0 Å². The van der Waals surface area contributed by atoms with Crippen molar-refractivity contribution in [2.24, 2.45) is 0 Å². The van der Waals surface area contributed by atoms with Crippen LogP contribution in [0.25, 0.3) is 0 Å². The number of hydrogen-bond acceptors (Lipinski definition) is 2. The Morgan fingerprint density at radius 3 is 1.55 bits per heavy atom. The van der Waals surface area contributed by atoms with Crippen molar-refractivity contribution in [1.29, 1.82) is 0 Å². The number of rotatable bonds is 14. The number of carbonyl (C=O) groups is 2. The van der Waals surface area contributed by atoms with E-state index < -0.39 is 5.97 Å². The van der Waals surface area contributed by atoms with Crippen LogP contribution in [0.3, 0.4) is 0 Å². The molecule has 0 radical (unpaired) electrons. The van der Waals surface area contributed by atoms with Crippen molar-refractivity contribution in [3.8, 4) is 0 Å². The van der Waals surface area contributed by atoms with Crippen molar-refractivity contribution in [3.63, 3.8) is 0 Å². The van der Waals surface area contributed by atoms with Crippen molar-refractivity contribution >= 4 is 11.9 Å². The third-order valence-corrected chi connectivity index (χ3v) is 3.44. The fraction of sp³-hybridized carbons (Fsp3) is 0.875. The average molecular weight is 285 g/mol. The second-order valence-corrected chi connectivity index (χ2v) is 5.52. The SMILES string of the molecule is CC(=O)NCCCCCCCCCCCCCC(=O)O. The van der Waals surface area contributed by atoms with Crippen LogP contribution in [-0.2, 0) is 9.59 Å². The summed E-state index contributed by atoms with van der Waals surface area (Å²) < 4.78 is 0. The Labute approximate surface area is 123 Å². The zero-order valence-electron chi connectivity index (χ0n) is 13.0. The summed E-state index contributed by atoms with van der Waals surface area (Å²) >= 11 is 0. The third-order valence-electron chi connectivity index (χ3n) is 3.44. The van der Waals surface area contributed by atoms with Gasteiger partial charge in [0.25, 0.3) is 0 Å². The summed E-state index contributed by atoms with van der Waals surface area (Å²) in [4.78, 5) is 21.0. The lowest BCUT2D eigenvalue weighted by atomic mass is 10.1. The van der Waals surface area contributed by atoms with Crippen LogP contribution in [0.1, 0.15) is 84.0 Å². The molecule has 0 aromatic rings. The number of carboxylic acids is 1. The molecule has 1 amide bonds. The molecule has 0 saturated heterocycles. The van der Waals surface area contributed by atoms with E-state index >= 15 is 0 Å². The van der Waals surface area contributed by atoms with Gasteiger partial charge in [-0.15, -0.1) is 0 Å². The molecule has 0 unspecified atom stereocenters. The van der Waals surface area contributed by atoms with E-state index in [4.69, 9.17) is 5.11 Å². The highest BCUT2D eigenvalue weighted by atomic mass is 16.4. The lowest BCUT2D eigenvalue weighted by Gasteiger charge is -2.03. The maximum absolute atomic E-state index is 10.6. The van der Waals surface area contributed by atoms with Crippen LogP contribution in [0.15, 0.2) is 0 Å². The molecule has 0 heterocycles. The predicted octanol–water partition coefficient (Wildman–Crippen LogP) is 3.89. The quantitative estimate of drug-likeness (QED) is 0.476. The molecule has 0 fully saturated rings. The molecule has 0 saturated carbocycles. The highest BCUT2D eigenvalue weighted by Crippen LogP contribution is 2.11. The molecular weight excluding hydrogens is 254 g/mol. The summed E-state index contributed by atoms with van der Waals surface area (Å²) in [6, 6.07) is 0. The first-order valence-electron chi connectivity index (χ1n) is 8.09. The molecule has 0 atom stereocenters. The second-order valence-electron chi connectivity index (χ2n) is 5.52. The Bertz CT molecular complexity index is 228. The van der Waals surface area contributed by atoms with E-state index in [1.54, 1.807) is 6.92 Å². The molecular formula is C16H31NO3. The maximum atomic E-state index is 10.6. The Hall–Kier alpha value is -1.06. The summed E-state index contributed by atoms with van der Waals surface area (Å²) in [5.41, 5.74) is 0. The van der Waals surface area contributed by atoms with Gasteiger partial charge in [-0.3, -0.25) is 9.59 Å². The van der Waals surface area contributed by atoms with Crippen molar-refractivity contribution in [2.75, 3.05) is 6.54 Å². The molecule has 0 spiro atoms. The number of nitrogens with one attached hydrogen (secondary N) is 1. The van der Waals surface area contributed by atoms with E-state index in [0.29, 0.717) is 6.42 Å². The molecule has 0 aliphatic heterocycles. The highest BCUT2D eigenvalue weighted by Gasteiger charge is 1.97. The molecule has 2 N–H and O–H groups in total. The van der Waals surface area contributed by atoms with Gasteiger partial charge >= 0.3 is 5.97 Å². The number of hydrogen-bond donors (Lipinski definition) is 2. The average Bonchev–Trinajstić information content (AvgIpc) is 2.38. The maximum Gasteiger partial charge on any atom is 0.303 e. The van der Waals surface area contributed by atoms with Gasteiger partial charge in [0.2, 0.25) is 5.91 Å². The fourth-order valence-electron chi connectivity index (χ4n) is 2.26. The van der Waals surface area contributed by atoms with Crippen LogP contribution in [0.5, 0.6) is 0 Å². The minimum atomic E-state index is -0.677. The van der Waals surface area contributed by atoms with Crippen LogP contribution >= 0.6 is 0 Å². The Morgan fingerprint density at radius 1 is 0.750 bits per heavy atom. The van der Waals surface area contributed by atoms with E-state index in [1.165, 1.54) is 51.4 Å². The van der Waals surface area contributed by atoms with Gasteiger partial charge < -0.3 is 10.4 Å². The predicted molar refractivity (Wildman–Crippen MR) is 81.7 cm³/mol. The molecule has 0 aromatic carbocycles. The van der Waals surface area contributed by atoms with Gasteiger partial charge in [-0.05, 0) is 12.8 Å². The minimum absolute atomic E-state index is 0.0633. The van der Waals surface area contributed by atoms with Gasteiger partial charge in [-0.1, -0.05) is 57.8 Å². The van der Waals surface area contributed by atoms with Crippen molar-refractivity contribution in [1.82, 2.24) is 5.32 Å². The first-order valence-corrected chi connectivity index (χ1v) is 8.09. The van der Waals surface area contributed by atoms with Crippen LogP contribution < -0.4 is 5.32 Å². The summed E-state index contributed by atoms with van der Waals surface area (Å²) in [5, 5.41) is 11.3. The Balaban J connectivity index is 2.99. The van der Waals surface area contributed by atoms with Gasteiger partial charge in [0.05, 0.1) is 0 Å². The third kappa shape index (κ3) is 16.9. The van der Waals surface area contributed by atoms with Crippen molar-refractivity contribution in [2.45, 2.75) is 84.0 Å². The van der Waals surface area contributed by atoms with Crippen molar-refractivity contribution < 1.29 is 14.7 Å². The van der Waals surface area contributed by atoms with Crippen LogP contribution in [0, 0.1) is 0 Å². The van der Waals surface area contributed by atoms with Crippen LogP contribution in [0.2, 0.25) is 0 Å². The molecule has 0 aliphatic carbocycles. The Morgan fingerprint density at radius 2 is 1.15 bits per heavy atom. The zero-order chi connectivity index (χ0) is 15.1. The zero-order valence-corrected chi connectivity index (χ0v) is 13.0. The number of unbranched alkanes of at least 4 members (excludes halogenated alkanes) is 10. The van der Waals surface area contributed by atoms with Gasteiger partial charge in [0.15, 0.2) is 0 Å². The molecule has 0 aromatic heterocycles.